The van der Waals surface area contributed by atoms with E-state index in [9.17, 15) is 8.42 Å². The van der Waals surface area contributed by atoms with Gasteiger partial charge in [0, 0.05) is 12.8 Å². The molecule has 0 fully saturated rings. The Bertz CT molecular complexity index is 387. The van der Waals surface area contributed by atoms with E-state index in [2.05, 4.69) is 4.72 Å². The third-order valence-electron chi connectivity index (χ3n) is 1.48. The first-order chi connectivity index (χ1) is 6.03. The largest absolute Gasteiger partial charge is 0.577 e. The van der Waals surface area contributed by atoms with Crippen molar-refractivity contribution >= 4 is 15.7 Å². The molecular weight excluding hydrogens is 188 g/mol. The maximum Gasteiger partial charge on any atom is 0.0908 e. The highest BCUT2D eigenvalue weighted by molar-refractivity contribution is 7.93. The number of hydrogen-bond acceptors (Lipinski definition) is 3. The summed E-state index contributed by atoms with van der Waals surface area (Å²) in [6, 6.07) is 6.90. The molecule has 0 bridgehead atoms. The lowest BCUT2D eigenvalue weighted by atomic mass is 10.2. The second-order valence-corrected chi connectivity index (χ2v) is 4.31. The molecule has 0 aliphatic rings. The Hall–Kier alpha value is -1.07. The quantitative estimate of drug-likeness (QED) is 0.792. The molecule has 0 radical (unpaired) electrons. The van der Waals surface area contributed by atoms with E-state index >= 15 is 0 Å². The number of benzene rings is 1. The van der Waals surface area contributed by atoms with Crippen molar-refractivity contribution in [3.05, 3.63) is 34.6 Å². The predicted molar refractivity (Wildman–Crippen MR) is 52.2 cm³/mol. The fraction of sp³-hybridized carbons (Fsp3) is 0.250. The minimum Gasteiger partial charge on any atom is -0.577 e. The smallest absolute Gasteiger partial charge is 0.0908 e. The minimum atomic E-state index is -3.34. The lowest BCUT2D eigenvalue weighted by Gasteiger charge is -2.21. The summed E-state index contributed by atoms with van der Waals surface area (Å²) in [6.45, 7) is 0.287. The van der Waals surface area contributed by atoms with Crippen LogP contribution in [0.1, 0.15) is 5.56 Å². The summed E-state index contributed by atoms with van der Waals surface area (Å²) in [5, 5.41) is 0. The third-order valence-corrected chi connectivity index (χ3v) is 2.00. The molecule has 13 heavy (non-hydrogen) atoms. The van der Waals surface area contributed by atoms with Crippen LogP contribution in [0.5, 0.6) is 0 Å². The minimum absolute atomic E-state index is 0.287. The van der Waals surface area contributed by atoms with Crippen LogP contribution < -0.4 is 5.73 Å². The lowest BCUT2D eigenvalue weighted by molar-refractivity contribution is 0.609. The summed E-state index contributed by atoms with van der Waals surface area (Å²) in [4.78, 5) is 0. The van der Waals surface area contributed by atoms with Crippen LogP contribution in [-0.4, -0.2) is 14.7 Å². The van der Waals surface area contributed by atoms with E-state index in [4.69, 9.17) is 5.73 Å². The zero-order valence-corrected chi connectivity index (χ0v) is 8.08. The molecule has 2 N–H and O–H groups in total. The normalized spacial score (nSPS) is 11.2. The molecule has 0 amide bonds. The van der Waals surface area contributed by atoms with Crippen molar-refractivity contribution < 1.29 is 8.42 Å². The Balaban J connectivity index is 3.01. The van der Waals surface area contributed by atoms with Gasteiger partial charge in [0.25, 0.3) is 0 Å². The molecule has 0 saturated heterocycles. The van der Waals surface area contributed by atoms with Gasteiger partial charge < -0.3 is 10.5 Å². The highest BCUT2D eigenvalue weighted by atomic mass is 32.2. The summed E-state index contributed by atoms with van der Waals surface area (Å²) < 4.78 is 25.3. The SMILES string of the molecule is CS(=O)(=O)[N-]c1ccccc1CN. The second kappa shape index (κ2) is 3.76. The first-order valence-electron chi connectivity index (χ1n) is 3.74. The van der Waals surface area contributed by atoms with E-state index in [1.807, 2.05) is 0 Å². The van der Waals surface area contributed by atoms with E-state index < -0.39 is 10.0 Å². The molecule has 1 aromatic rings. The zero-order valence-electron chi connectivity index (χ0n) is 7.27. The van der Waals surface area contributed by atoms with Gasteiger partial charge in [-0.25, -0.2) is 8.42 Å². The van der Waals surface area contributed by atoms with Crippen LogP contribution in [0.3, 0.4) is 0 Å². The average Bonchev–Trinajstić information content (AvgIpc) is 2.02. The van der Waals surface area contributed by atoms with Crippen molar-refractivity contribution in [1.82, 2.24) is 0 Å². The topological polar surface area (TPSA) is 74.3 Å². The van der Waals surface area contributed by atoms with E-state index in [-0.39, 0.29) is 6.54 Å². The zero-order chi connectivity index (χ0) is 9.90. The average molecular weight is 199 g/mol. The summed E-state index contributed by atoms with van der Waals surface area (Å²) in [7, 11) is -3.34. The summed E-state index contributed by atoms with van der Waals surface area (Å²) in [5.41, 5.74) is 6.57. The van der Waals surface area contributed by atoms with Crippen LogP contribution in [-0.2, 0) is 16.6 Å². The molecule has 1 rings (SSSR count). The molecule has 1 aromatic carbocycles. The van der Waals surface area contributed by atoms with Gasteiger partial charge in [0.05, 0.1) is 10.0 Å². The highest BCUT2D eigenvalue weighted by Crippen LogP contribution is 2.25. The van der Waals surface area contributed by atoms with Crippen molar-refractivity contribution in [2.24, 2.45) is 5.73 Å². The first-order valence-corrected chi connectivity index (χ1v) is 5.59. The third kappa shape index (κ3) is 3.04. The van der Waals surface area contributed by atoms with Crippen LogP contribution >= 0.6 is 0 Å². The van der Waals surface area contributed by atoms with Crippen molar-refractivity contribution in [2.45, 2.75) is 6.54 Å². The number of sulfonamides is 1. The Kier molecular flexibility index (Phi) is 2.90. The first kappa shape index (κ1) is 10.0. The number of nitrogens with two attached hydrogens (primary N) is 1. The number of rotatable bonds is 3. The molecule has 0 unspecified atom stereocenters. The molecule has 0 saturated carbocycles. The molecule has 4 nitrogen and oxygen atoms in total. The van der Waals surface area contributed by atoms with Gasteiger partial charge in [0.2, 0.25) is 0 Å². The fourth-order valence-electron chi connectivity index (χ4n) is 0.951. The van der Waals surface area contributed by atoms with Gasteiger partial charge in [-0.3, -0.25) is 0 Å². The standard InChI is InChI=1S/C8H11N2O2S/c1-13(11,12)10-8-5-3-2-4-7(8)6-9/h2-5H,6,9H2,1H3/q-1. The van der Waals surface area contributed by atoms with Gasteiger partial charge in [0.1, 0.15) is 0 Å². The van der Waals surface area contributed by atoms with E-state index in [1.165, 1.54) is 0 Å². The molecule has 0 aromatic heterocycles. The van der Waals surface area contributed by atoms with Crippen LogP contribution in [0.15, 0.2) is 24.3 Å². The Morgan fingerprint density at radius 2 is 2.00 bits per heavy atom. The van der Waals surface area contributed by atoms with Crippen molar-refractivity contribution in [1.29, 1.82) is 0 Å². The predicted octanol–water partition coefficient (Wildman–Crippen LogP) is 1.11. The van der Waals surface area contributed by atoms with Gasteiger partial charge in [0.15, 0.2) is 0 Å². The Morgan fingerprint density at radius 1 is 1.38 bits per heavy atom. The van der Waals surface area contributed by atoms with Crippen LogP contribution in [0.4, 0.5) is 5.69 Å². The van der Waals surface area contributed by atoms with Gasteiger partial charge >= 0.3 is 0 Å². The molecule has 0 atom stereocenters. The molecule has 0 heterocycles. The van der Waals surface area contributed by atoms with Gasteiger partial charge in [-0.2, -0.15) is 0 Å². The van der Waals surface area contributed by atoms with Crippen molar-refractivity contribution in [3.8, 4) is 0 Å². The highest BCUT2D eigenvalue weighted by Gasteiger charge is 1.93. The van der Waals surface area contributed by atoms with Gasteiger partial charge in [-0.05, 0) is 5.56 Å². The molecule has 0 aliphatic carbocycles. The maximum atomic E-state index is 10.9. The number of nitrogens with zero attached hydrogens (tertiary/aromatic N) is 1. The molecule has 5 heteroatoms. The molecule has 0 spiro atoms. The lowest BCUT2D eigenvalue weighted by Crippen LogP contribution is -1.99. The monoisotopic (exact) mass is 199 g/mol. The molecular formula is C8H11N2O2S-. The Morgan fingerprint density at radius 3 is 2.54 bits per heavy atom. The Labute approximate surface area is 77.8 Å². The molecule has 72 valence electrons. The summed E-state index contributed by atoms with van der Waals surface area (Å²) in [6.07, 6.45) is 1.06. The summed E-state index contributed by atoms with van der Waals surface area (Å²) >= 11 is 0. The van der Waals surface area contributed by atoms with Crippen LogP contribution in [0.2, 0.25) is 0 Å². The second-order valence-electron chi connectivity index (χ2n) is 2.66. The van der Waals surface area contributed by atoms with Crippen molar-refractivity contribution in [3.63, 3.8) is 0 Å². The van der Waals surface area contributed by atoms with Gasteiger partial charge in [-0.15, -0.1) is 5.69 Å². The van der Waals surface area contributed by atoms with Crippen LogP contribution in [0, 0.1) is 0 Å². The van der Waals surface area contributed by atoms with Gasteiger partial charge in [-0.1, -0.05) is 24.3 Å². The van der Waals surface area contributed by atoms with E-state index in [0.717, 1.165) is 11.8 Å². The van der Waals surface area contributed by atoms with Crippen LogP contribution in [0.25, 0.3) is 4.72 Å². The fourth-order valence-corrected chi connectivity index (χ4v) is 1.49. The van der Waals surface area contributed by atoms with E-state index in [0.29, 0.717) is 5.69 Å². The number of hydrogen-bond donors (Lipinski definition) is 1. The maximum absolute atomic E-state index is 10.9. The van der Waals surface area contributed by atoms with E-state index in [1.54, 1.807) is 24.3 Å². The molecule has 0 aliphatic heterocycles. The van der Waals surface area contributed by atoms with Crippen molar-refractivity contribution in [2.75, 3.05) is 6.26 Å². The summed E-state index contributed by atoms with van der Waals surface area (Å²) in [5.74, 6) is 0.